The zero-order chi connectivity index (χ0) is 17.1. The second-order valence-electron chi connectivity index (χ2n) is 5.06. The number of aromatic nitrogens is 3. The van der Waals surface area contributed by atoms with Gasteiger partial charge < -0.3 is 4.42 Å². The molecule has 0 bridgehead atoms. The molecule has 0 spiro atoms. The van der Waals surface area contributed by atoms with Gasteiger partial charge in [-0.15, -0.1) is 0 Å². The van der Waals surface area contributed by atoms with Crippen LogP contribution in [0.4, 0.5) is 5.69 Å². The van der Waals surface area contributed by atoms with Gasteiger partial charge in [-0.05, 0) is 23.8 Å². The lowest BCUT2D eigenvalue weighted by molar-refractivity contribution is -0.387. The van der Waals surface area contributed by atoms with Gasteiger partial charge in [-0.1, -0.05) is 0 Å². The topological polar surface area (TPSA) is 113 Å². The highest BCUT2D eigenvalue weighted by Crippen LogP contribution is 2.06. The number of nitrogens with zero attached hydrogens (tertiary/aromatic N) is 4. The highest BCUT2D eigenvalue weighted by molar-refractivity contribution is 5.24. The van der Waals surface area contributed by atoms with Crippen LogP contribution in [0.15, 0.2) is 63.3 Å². The van der Waals surface area contributed by atoms with Gasteiger partial charge >= 0.3 is 16.9 Å². The van der Waals surface area contributed by atoms with E-state index in [4.69, 9.17) is 4.42 Å². The van der Waals surface area contributed by atoms with Crippen molar-refractivity contribution in [2.75, 3.05) is 0 Å². The normalized spacial score (nSPS) is 10.7. The second-order valence-corrected chi connectivity index (χ2v) is 5.06. The second kappa shape index (κ2) is 6.32. The molecule has 0 fully saturated rings. The molecule has 122 valence electrons. The molecule has 3 aromatic heterocycles. The molecule has 24 heavy (non-hydrogen) atoms. The molecule has 0 amide bonds. The minimum absolute atomic E-state index is 0.0911. The average Bonchev–Trinajstić information content (AvgIpc) is 3.08. The van der Waals surface area contributed by atoms with E-state index in [0.717, 1.165) is 20.9 Å². The Morgan fingerprint density at radius 1 is 1.12 bits per heavy atom. The molecule has 0 aromatic carbocycles. The molecule has 0 N–H and O–H groups in total. The van der Waals surface area contributed by atoms with Crippen LogP contribution in [0.1, 0.15) is 11.1 Å². The summed E-state index contributed by atoms with van der Waals surface area (Å²) in [4.78, 5) is 39.0. The Balaban J connectivity index is 2.12. The molecule has 3 heterocycles. The first kappa shape index (κ1) is 15.4. The molecule has 0 radical (unpaired) electrons. The van der Waals surface area contributed by atoms with Crippen molar-refractivity contribution in [2.45, 2.75) is 13.1 Å². The van der Waals surface area contributed by atoms with Crippen molar-refractivity contribution in [1.29, 1.82) is 0 Å². The third-order valence-corrected chi connectivity index (χ3v) is 3.44. The molecule has 0 saturated heterocycles. The molecule has 3 rings (SSSR count). The number of nitro groups is 1. The average molecular weight is 328 g/mol. The third-order valence-electron chi connectivity index (χ3n) is 3.44. The third kappa shape index (κ3) is 3.00. The fraction of sp³-hybridized carbons (Fsp3) is 0.133. The summed E-state index contributed by atoms with van der Waals surface area (Å²) in [6, 6.07) is 4.95. The lowest BCUT2D eigenvalue weighted by Gasteiger charge is -2.09. The molecule has 9 heteroatoms. The van der Waals surface area contributed by atoms with Gasteiger partial charge in [0.15, 0.2) is 0 Å². The van der Waals surface area contributed by atoms with Gasteiger partial charge in [-0.2, -0.15) is 0 Å². The molecule has 0 aliphatic carbocycles. The molecule has 3 aromatic rings. The van der Waals surface area contributed by atoms with Crippen molar-refractivity contribution >= 4 is 5.69 Å². The van der Waals surface area contributed by atoms with E-state index in [-0.39, 0.29) is 13.1 Å². The van der Waals surface area contributed by atoms with E-state index in [1.54, 1.807) is 30.6 Å². The highest BCUT2D eigenvalue weighted by Gasteiger charge is 2.20. The molecule has 9 nitrogen and oxygen atoms in total. The van der Waals surface area contributed by atoms with Crippen LogP contribution < -0.4 is 11.2 Å². The fourth-order valence-corrected chi connectivity index (χ4v) is 2.27. The largest absolute Gasteiger partial charge is 0.472 e. The van der Waals surface area contributed by atoms with E-state index in [1.807, 2.05) is 0 Å². The summed E-state index contributed by atoms with van der Waals surface area (Å²) in [6.45, 7) is -0.0138. The first-order chi connectivity index (χ1) is 11.6. The van der Waals surface area contributed by atoms with Crippen LogP contribution >= 0.6 is 0 Å². The molecule has 0 atom stereocenters. The summed E-state index contributed by atoms with van der Waals surface area (Å²) in [6.07, 6.45) is 6.84. The van der Waals surface area contributed by atoms with Crippen LogP contribution in [0.5, 0.6) is 0 Å². The Hall–Kier alpha value is -3.49. The Kier molecular flexibility index (Phi) is 4.06. The summed E-state index contributed by atoms with van der Waals surface area (Å²) in [5.74, 6) is 0. The minimum atomic E-state index is -0.947. The minimum Gasteiger partial charge on any atom is -0.472 e. The molecular formula is C15H12N4O5. The van der Waals surface area contributed by atoms with Crippen molar-refractivity contribution in [3.8, 4) is 0 Å². The van der Waals surface area contributed by atoms with Gasteiger partial charge in [0.25, 0.3) is 0 Å². The van der Waals surface area contributed by atoms with E-state index in [1.165, 1.54) is 12.5 Å². The summed E-state index contributed by atoms with van der Waals surface area (Å²) >= 11 is 0. The Labute approximate surface area is 134 Å². The number of hydrogen-bond donors (Lipinski definition) is 0. The SMILES string of the molecule is O=c1c([N+](=O)[O-])cn(Cc2ccncc2)c(=O)n1Cc1ccoc1. The van der Waals surface area contributed by atoms with Crippen LogP contribution in [0.3, 0.4) is 0 Å². The maximum atomic E-state index is 12.6. The zero-order valence-corrected chi connectivity index (χ0v) is 12.4. The Bertz CT molecular complexity index is 973. The molecular weight excluding hydrogens is 316 g/mol. The van der Waals surface area contributed by atoms with Crippen LogP contribution in [-0.2, 0) is 13.1 Å². The van der Waals surface area contributed by atoms with Crippen molar-refractivity contribution < 1.29 is 9.34 Å². The smallest absolute Gasteiger partial charge is 0.350 e. The van der Waals surface area contributed by atoms with Crippen LogP contribution in [0.2, 0.25) is 0 Å². The maximum Gasteiger partial charge on any atom is 0.350 e. The van der Waals surface area contributed by atoms with Crippen molar-refractivity contribution in [2.24, 2.45) is 0 Å². The van der Waals surface area contributed by atoms with Crippen molar-refractivity contribution in [3.05, 3.63) is 91.4 Å². The predicted molar refractivity (Wildman–Crippen MR) is 82.8 cm³/mol. The maximum absolute atomic E-state index is 12.6. The quantitative estimate of drug-likeness (QED) is 0.510. The molecule has 0 aliphatic rings. The number of rotatable bonds is 5. The van der Waals surface area contributed by atoms with Crippen molar-refractivity contribution in [1.82, 2.24) is 14.1 Å². The fourth-order valence-electron chi connectivity index (χ4n) is 2.27. The molecule has 0 unspecified atom stereocenters. The van der Waals surface area contributed by atoms with Gasteiger partial charge in [-0.3, -0.25) is 24.5 Å². The zero-order valence-electron chi connectivity index (χ0n) is 12.4. The highest BCUT2D eigenvalue weighted by atomic mass is 16.6. The van der Waals surface area contributed by atoms with Gasteiger partial charge in [-0.25, -0.2) is 9.36 Å². The predicted octanol–water partition coefficient (Wildman–Crippen LogP) is 1.00. The van der Waals surface area contributed by atoms with Crippen LogP contribution in [-0.4, -0.2) is 19.0 Å². The van der Waals surface area contributed by atoms with E-state index < -0.39 is 21.9 Å². The van der Waals surface area contributed by atoms with E-state index in [2.05, 4.69) is 4.98 Å². The molecule has 0 saturated carbocycles. The number of furan rings is 1. The van der Waals surface area contributed by atoms with Gasteiger partial charge in [0.2, 0.25) is 0 Å². The van der Waals surface area contributed by atoms with Crippen LogP contribution in [0.25, 0.3) is 0 Å². The number of hydrogen-bond acceptors (Lipinski definition) is 6. The first-order valence-electron chi connectivity index (χ1n) is 6.95. The van der Waals surface area contributed by atoms with Crippen LogP contribution in [0, 0.1) is 10.1 Å². The lowest BCUT2D eigenvalue weighted by atomic mass is 10.2. The molecule has 0 aliphatic heterocycles. The lowest BCUT2D eigenvalue weighted by Crippen LogP contribution is -2.40. The summed E-state index contributed by atoms with van der Waals surface area (Å²) in [5.41, 5.74) is -0.951. The first-order valence-corrected chi connectivity index (χ1v) is 6.95. The van der Waals surface area contributed by atoms with Gasteiger partial charge in [0, 0.05) is 18.0 Å². The summed E-state index contributed by atoms with van der Waals surface area (Å²) < 4.78 is 6.86. The van der Waals surface area contributed by atoms with Gasteiger partial charge in [0.1, 0.15) is 0 Å². The Morgan fingerprint density at radius 3 is 2.50 bits per heavy atom. The monoisotopic (exact) mass is 328 g/mol. The van der Waals surface area contributed by atoms with Gasteiger partial charge in [0.05, 0.1) is 36.7 Å². The van der Waals surface area contributed by atoms with E-state index >= 15 is 0 Å². The standard InChI is InChI=1S/C15H12N4O5/c20-14-13(19(22)23)9-17(7-11-1-4-16-5-2-11)15(21)18(14)8-12-3-6-24-10-12/h1-6,9-10H,7-8H2. The number of pyridine rings is 1. The van der Waals surface area contributed by atoms with E-state index in [9.17, 15) is 19.7 Å². The van der Waals surface area contributed by atoms with E-state index in [0.29, 0.717) is 5.56 Å². The summed E-state index contributed by atoms with van der Waals surface area (Å²) in [5, 5.41) is 11.1. The Morgan fingerprint density at radius 2 is 1.88 bits per heavy atom. The summed E-state index contributed by atoms with van der Waals surface area (Å²) in [7, 11) is 0. The van der Waals surface area contributed by atoms with Crippen molar-refractivity contribution in [3.63, 3.8) is 0 Å².